The van der Waals surface area contributed by atoms with Gasteiger partial charge in [-0.05, 0) is 34.0 Å². The second kappa shape index (κ2) is 5.60. The van der Waals surface area contributed by atoms with Gasteiger partial charge >= 0.3 is 0 Å². The van der Waals surface area contributed by atoms with Crippen LogP contribution in [0.5, 0.6) is 0 Å². The van der Waals surface area contributed by atoms with Crippen LogP contribution in [0, 0.1) is 5.92 Å². The van der Waals surface area contributed by atoms with E-state index >= 15 is 0 Å². The summed E-state index contributed by atoms with van der Waals surface area (Å²) in [5.74, 6) is 0.264. The zero-order valence-electron chi connectivity index (χ0n) is 9.07. The van der Waals surface area contributed by atoms with Gasteiger partial charge in [-0.25, -0.2) is 4.98 Å². The zero-order valence-corrected chi connectivity index (χ0v) is 11.5. The van der Waals surface area contributed by atoms with Crippen molar-refractivity contribution in [1.29, 1.82) is 0 Å². The minimum atomic E-state index is -3.50. The molecule has 0 fully saturated rings. The molecule has 1 aromatic rings. The summed E-state index contributed by atoms with van der Waals surface area (Å²) in [6.45, 7) is 4.27. The highest BCUT2D eigenvalue weighted by Gasteiger charge is 2.09. The minimum absolute atomic E-state index is 0.264. The SMILES string of the molecule is CC(C)CNS(=O)(=O)Nc1ccc(Br)nc1. The number of hydrogen-bond donors (Lipinski definition) is 2. The Morgan fingerprint density at radius 2 is 2.12 bits per heavy atom. The average Bonchev–Trinajstić information content (AvgIpc) is 2.19. The van der Waals surface area contributed by atoms with Crippen molar-refractivity contribution in [2.24, 2.45) is 5.92 Å². The standard InChI is InChI=1S/C9H14BrN3O2S/c1-7(2)5-12-16(14,15)13-8-3-4-9(10)11-6-8/h3-4,6-7,12-13H,5H2,1-2H3. The average molecular weight is 308 g/mol. The molecule has 1 heterocycles. The maximum atomic E-state index is 11.5. The van der Waals surface area contributed by atoms with Gasteiger partial charge < -0.3 is 0 Å². The van der Waals surface area contributed by atoms with Crippen molar-refractivity contribution in [3.05, 3.63) is 22.9 Å². The maximum absolute atomic E-state index is 11.5. The van der Waals surface area contributed by atoms with Crippen LogP contribution in [-0.4, -0.2) is 19.9 Å². The molecular weight excluding hydrogens is 294 g/mol. The molecule has 2 N–H and O–H groups in total. The smallest absolute Gasteiger partial charge is 0.270 e. The summed E-state index contributed by atoms with van der Waals surface area (Å²) in [6, 6.07) is 3.30. The molecule has 7 heteroatoms. The van der Waals surface area contributed by atoms with E-state index in [0.717, 1.165) is 0 Å². The van der Waals surface area contributed by atoms with Crippen LogP contribution in [0.15, 0.2) is 22.9 Å². The van der Waals surface area contributed by atoms with E-state index in [4.69, 9.17) is 0 Å². The molecule has 0 amide bonds. The molecule has 1 rings (SSSR count). The topological polar surface area (TPSA) is 71.1 Å². The highest BCUT2D eigenvalue weighted by molar-refractivity contribution is 9.10. The van der Waals surface area contributed by atoms with Crippen molar-refractivity contribution >= 4 is 31.8 Å². The highest BCUT2D eigenvalue weighted by atomic mass is 79.9. The summed E-state index contributed by atoms with van der Waals surface area (Å²) >= 11 is 3.17. The molecule has 0 aromatic carbocycles. The van der Waals surface area contributed by atoms with Crippen molar-refractivity contribution in [3.63, 3.8) is 0 Å². The van der Waals surface area contributed by atoms with E-state index in [9.17, 15) is 8.42 Å². The molecule has 90 valence electrons. The number of nitrogens with zero attached hydrogens (tertiary/aromatic N) is 1. The largest absolute Gasteiger partial charge is 0.299 e. The molecular formula is C9H14BrN3O2S. The summed E-state index contributed by atoms with van der Waals surface area (Å²) in [6.07, 6.45) is 1.44. The van der Waals surface area contributed by atoms with Crippen LogP contribution in [-0.2, 0) is 10.2 Å². The molecule has 0 atom stereocenters. The third kappa shape index (κ3) is 4.91. The lowest BCUT2D eigenvalue weighted by molar-refractivity contribution is 0.565. The van der Waals surface area contributed by atoms with E-state index < -0.39 is 10.2 Å². The van der Waals surface area contributed by atoms with Crippen LogP contribution in [0.3, 0.4) is 0 Å². The van der Waals surface area contributed by atoms with Gasteiger partial charge in [0.25, 0.3) is 10.2 Å². The quantitative estimate of drug-likeness (QED) is 0.814. The molecule has 0 saturated heterocycles. The second-order valence-electron chi connectivity index (χ2n) is 3.72. The van der Waals surface area contributed by atoms with Gasteiger partial charge in [0.05, 0.1) is 11.9 Å². The van der Waals surface area contributed by atoms with E-state index in [1.165, 1.54) is 6.20 Å². The Labute approximate surface area is 104 Å². The number of anilines is 1. The normalized spacial score (nSPS) is 11.8. The molecule has 0 aliphatic rings. The summed E-state index contributed by atoms with van der Waals surface area (Å²) in [7, 11) is -3.50. The molecule has 0 bridgehead atoms. The third-order valence-electron chi connectivity index (χ3n) is 1.66. The van der Waals surface area contributed by atoms with E-state index in [1.807, 2.05) is 13.8 Å². The molecule has 5 nitrogen and oxygen atoms in total. The number of pyridine rings is 1. The minimum Gasteiger partial charge on any atom is -0.270 e. The van der Waals surface area contributed by atoms with Crippen LogP contribution >= 0.6 is 15.9 Å². The van der Waals surface area contributed by atoms with Crippen LogP contribution in [0.4, 0.5) is 5.69 Å². The Balaban J connectivity index is 2.62. The van der Waals surface area contributed by atoms with Gasteiger partial charge in [-0.1, -0.05) is 13.8 Å². The first-order chi connectivity index (χ1) is 7.39. The molecule has 16 heavy (non-hydrogen) atoms. The van der Waals surface area contributed by atoms with Crippen LogP contribution in [0.1, 0.15) is 13.8 Å². The van der Waals surface area contributed by atoms with E-state index in [1.54, 1.807) is 12.1 Å². The van der Waals surface area contributed by atoms with Gasteiger partial charge in [0, 0.05) is 6.54 Å². The summed E-state index contributed by atoms with van der Waals surface area (Å²) < 4.78 is 28.5. The van der Waals surface area contributed by atoms with Gasteiger partial charge in [-0.3, -0.25) is 4.72 Å². The number of rotatable bonds is 5. The van der Waals surface area contributed by atoms with Crippen molar-refractivity contribution in [1.82, 2.24) is 9.71 Å². The van der Waals surface area contributed by atoms with Gasteiger partial charge in [-0.15, -0.1) is 0 Å². The monoisotopic (exact) mass is 307 g/mol. The number of halogens is 1. The Morgan fingerprint density at radius 1 is 1.44 bits per heavy atom. The fraction of sp³-hybridized carbons (Fsp3) is 0.444. The summed E-state index contributed by atoms with van der Waals surface area (Å²) in [5, 5.41) is 0. The molecule has 0 spiro atoms. The zero-order chi connectivity index (χ0) is 12.2. The van der Waals surface area contributed by atoms with Gasteiger partial charge in [0.2, 0.25) is 0 Å². The van der Waals surface area contributed by atoms with E-state index in [2.05, 4.69) is 30.4 Å². The number of aromatic nitrogens is 1. The Kier molecular flexibility index (Phi) is 4.69. The number of nitrogens with one attached hydrogen (secondary N) is 2. The van der Waals surface area contributed by atoms with Crippen LogP contribution in [0.25, 0.3) is 0 Å². The first kappa shape index (κ1) is 13.4. The highest BCUT2D eigenvalue weighted by Crippen LogP contribution is 2.11. The molecule has 0 aliphatic heterocycles. The first-order valence-electron chi connectivity index (χ1n) is 4.78. The van der Waals surface area contributed by atoms with Crippen LogP contribution in [0.2, 0.25) is 0 Å². The van der Waals surface area contributed by atoms with Crippen molar-refractivity contribution in [2.45, 2.75) is 13.8 Å². The molecule has 1 aromatic heterocycles. The summed E-state index contributed by atoms with van der Waals surface area (Å²) in [4.78, 5) is 3.92. The van der Waals surface area contributed by atoms with Crippen molar-refractivity contribution in [2.75, 3.05) is 11.3 Å². The lowest BCUT2D eigenvalue weighted by Crippen LogP contribution is -2.32. The first-order valence-corrected chi connectivity index (χ1v) is 7.05. The summed E-state index contributed by atoms with van der Waals surface area (Å²) in [5.41, 5.74) is 0.430. The van der Waals surface area contributed by atoms with Crippen LogP contribution < -0.4 is 9.44 Å². The van der Waals surface area contributed by atoms with Gasteiger partial charge in [0.15, 0.2) is 0 Å². The second-order valence-corrected chi connectivity index (χ2v) is 6.03. The van der Waals surface area contributed by atoms with E-state index in [0.29, 0.717) is 16.8 Å². The fourth-order valence-corrected chi connectivity index (χ4v) is 2.19. The van der Waals surface area contributed by atoms with Gasteiger partial charge in [0.1, 0.15) is 4.60 Å². The Hall–Kier alpha value is -0.660. The fourth-order valence-electron chi connectivity index (χ4n) is 0.904. The Bertz CT molecular complexity index is 431. The molecule has 0 unspecified atom stereocenters. The van der Waals surface area contributed by atoms with Crippen molar-refractivity contribution in [3.8, 4) is 0 Å². The number of hydrogen-bond acceptors (Lipinski definition) is 3. The lowest BCUT2D eigenvalue weighted by Gasteiger charge is -2.10. The van der Waals surface area contributed by atoms with E-state index in [-0.39, 0.29) is 5.92 Å². The molecule has 0 aliphatic carbocycles. The predicted molar refractivity (Wildman–Crippen MR) is 67.3 cm³/mol. The molecule has 0 radical (unpaired) electrons. The maximum Gasteiger partial charge on any atom is 0.299 e. The van der Waals surface area contributed by atoms with Gasteiger partial charge in [-0.2, -0.15) is 13.1 Å². The Morgan fingerprint density at radius 3 is 2.62 bits per heavy atom. The molecule has 0 saturated carbocycles. The van der Waals surface area contributed by atoms with Crippen molar-refractivity contribution < 1.29 is 8.42 Å². The lowest BCUT2D eigenvalue weighted by atomic mass is 10.2. The predicted octanol–water partition coefficient (Wildman–Crippen LogP) is 1.75. The third-order valence-corrected chi connectivity index (χ3v) is 3.18.